The number of para-hydroxylation sites is 1. The van der Waals surface area contributed by atoms with Crippen molar-refractivity contribution in [1.29, 1.82) is 0 Å². The maximum atomic E-state index is 12.4. The van der Waals surface area contributed by atoms with Crippen molar-refractivity contribution in [3.63, 3.8) is 0 Å². The molecule has 1 heterocycles. The van der Waals surface area contributed by atoms with Crippen LogP contribution in [0.2, 0.25) is 0 Å². The number of urea groups is 1. The Hall–Kier alpha value is -2.79. The van der Waals surface area contributed by atoms with Crippen molar-refractivity contribution in [1.82, 2.24) is 9.88 Å². The molecule has 5 heteroatoms. The van der Waals surface area contributed by atoms with Crippen molar-refractivity contribution in [2.45, 2.75) is 32.4 Å². The van der Waals surface area contributed by atoms with Crippen LogP contribution in [-0.2, 0) is 17.7 Å². The van der Waals surface area contributed by atoms with Crippen molar-refractivity contribution in [3.05, 3.63) is 66.4 Å². The molecule has 0 aliphatic heterocycles. The summed E-state index contributed by atoms with van der Waals surface area (Å²) >= 11 is 0. The maximum absolute atomic E-state index is 12.4. The fraction of sp³-hybridized carbons (Fsp3) is 0.318. The second kappa shape index (κ2) is 9.24. The van der Waals surface area contributed by atoms with Gasteiger partial charge in [0.15, 0.2) is 0 Å². The van der Waals surface area contributed by atoms with Crippen molar-refractivity contribution in [3.8, 4) is 0 Å². The van der Waals surface area contributed by atoms with Gasteiger partial charge in [0.2, 0.25) is 0 Å². The summed E-state index contributed by atoms with van der Waals surface area (Å²) in [5, 5.41) is 7.06. The van der Waals surface area contributed by atoms with Gasteiger partial charge in [0.1, 0.15) is 0 Å². The zero-order valence-corrected chi connectivity index (χ0v) is 15.9. The number of amides is 2. The highest BCUT2D eigenvalue weighted by molar-refractivity contribution is 6.01. The summed E-state index contributed by atoms with van der Waals surface area (Å²) in [4.78, 5) is 12.4. The zero-order chi connectivity index (χ0) is 19.1. The van der Waals surface area contributed by atoms with Gasteiger partial charge in [-0.25, -0.2) is 4.79 Å². The predicted molar refractivity (Wildman–Crippen MR) is 110 cm³/mol. The molecular weight excluding hydrogens is 338 g/mol. The minimum Gasteiger partial charge on any atom is -0.383 e. The molecule has 2 N–H and O–H groups in total. The van der Waals surface area contributed by atoms with E-state index in [1.54, 1.807) is 7.11 Å². The fourth-order valence-corrected chi connectivity index (χ4v) is 3.20. The fourth-order valence-electron chi connectivity index (χ4n) is 3.20. The Kier molecular flexibility index (Phi) is 6.49. The Bertz CT molecular complexity index is 874. The van der Waals surface area contributed by atoms with Crippen LogP contribution in [-0.4, -0.2) is 30.4 Å². The summed E-state index contributed by atoms with van der Waals surface area (Å²) in [5.74, 6) is 0. The molecule has 1 atom stereocenters. The molecule has 0 aliphatic carbocycles. The molecule has 0 spiro atoms. The number of hydrogen-bond acceptors (Lipinski definition) is 2. The first-order valence-corrected chi connectivity index (χ1v) is 9.35. The minimum atomic E-state index is -0.176. The van der Waals surface area contributed by atoms with Gasteiger partial charge in [-0.05, 0) is 31.4 Å². The van der Waals surface area contributed by atoms with E-state index in [0.29, 0.717) is 6.61 Å². The van der Waals surface area contributed by atoms with Crippen LogP contribution in [0.1, 0.15) is 18.9 Å². The van der Waals surface area contributed by atoms with Gasteiger partial charge >= 0.3 is 6.03 Å². The third-order valence-electron chi connectivity index (χ3n) is 4.66. The molecule has 0 saturated carbocycles. The third-order valence-corrected chi connectivity index (χ3v) is 4.66. The molecule has 3 aromatic rings. The molecule has 0 bridgehead atoms. The van der Waals surface area contributed by atoms with Crippen molar-refractivity contribution >= 4 is 22.6 Å². The van der Waals surface area contributed by atoms with Gasteiger partial charge in [0, 0.05) is 31.3 Å². The predicted octanol–water partition coefficient (Wildman–Crippen LogP) is 4.43. The standard InChI is InChI=1S/C22H27N3O2/c1-17(12-13-18-8-4-3-5-9-18)23-22(26)24-20-16-25(14-15-27-2)21-11-7-6-10-19(20)21/h3-11,16-17H,12-15H2,1-2H3,(H2,23,24,26)/t17-/m1/s1. The molecule has 0 unspecified atom stereocenters. The monoisotopic (exact) mass is 365 g/mol. The number of aryl methyl sites for hydroxylation is 1. The lowest BCUT2D eigenvalue weighted by molar-refractivity contribution is 0.188. The number of ether oxygens (including phenoxy) is 1. The van der Waals surface area contributed by atoms with Gasteiger partial charge in [0.25, 0.3) is 0 Å². The average Bonchev–Trinajstić information content (AvgIpc) is 3.03. The van der Waals surface area contributed by atoms with Gasteiger partial charge < -0.3 is 19.9 Å². The smallest absolute Gasteiger partial charge is 0.319 e. The zero-order valence-electron chi connectivity index (χ0n) is 15.9. The van der Waals surface area contributed by atoms with Crippen LogP contribution in [0.3, 0.4) is 0 Å². The first kappa shape index (κ1) is 19.0. The van der Waals surface area contributed by atoms with E-state index in [1.165, 1.54) is 5.56 Å². The lowest BCUT2D eigenvalue weighted by Gasteiger charge is -2.14. The number of hydrogen-bond donors (Lipinski definition) is 2. The van der Waals surface area contributed by atoms with E-state index in [4.69, 9.17) is 4.74 Å². The van der Waals surface area contributed by atoms with Gasteiger partial charge in [0.05, 0.1) is 17.8 Å². The van der Waals surface area contributed by atoms with Crippen LogP contribution >= 0.6 is 0 Å². The number of nitrogens with zero attached hydrogens (tertiary/aromatic N) is 1. The summed E-state index contributed by atoms with van der Waals surface area (Å²) < 4.78 is 7.28. The van der Waals surface area contributed by atoms with Crippen LogP contribution < -0.4 is 10.6 Å². The van der Waals surface area contributed by atoms with Crippen LogP contribution in [0, 0.1) is 0 Å². The Morgan fingerprint density at radius 3 is 2.63 bits per heavy atom. The van der Waals surface area contributed by atoms with Crippen LogP contribution in [0.5, 0.6) is 0 Å². The number of rotatable bonds is 8. The van der Waals surface area contributed by atoms with E-state index in [2.05, 4.69) is 33.4 Å². The molecule has 27 heavy (non-hydrogen) atoms. The Morgan fingerprint density at radius 1 is 1.11 bits per heavy atom. The SMILES string of the molecule is COCCn1cc(NC(=O)N[C@H](C)CCc2ccccc2)c2ccccc21. The molecule has 0 fully saturated rings. The van der Waals surface area contributed by atoms with Crippen molar-refractivity contribution < 1.29 is 9.53 Å². The number of nitrogens with one attached hydrogen (secondary N) is 2. The molecule has 142 valence electrons. The lowest BCUT2D eigenvalue weighted by atomic mass is 10.1. The molecule has 2 amide bonds. The number of anilines is 1. The number of carbonyl (C=O) groups is 1. The van der Waals surface area contributed by atoms with Crippen molar-refractivity contribution in [2.75, 3.05) is 19.0 Å². The summed E-state index contributed by atoms with van der Waals surface area (Å²) in [6.07, 6.45) is 3.81. The van der Waals surface area contributed by atoms with E-state index >= 15 is 0 Å². The normalized spacial score (nSPS) is 12.1. The second-order valence-electron chi connectivity index (χ2n) is 6.77. The largest absolute Gasteiger partial charge is 0.383 e. The summed E-state index contributed by atoms with van der Waals surface area (Å²) in [6, 6.07) is 18.3. The first-order chi connectivity index (χ1) is 13.2. The number of fused-ring (bicyclic) bond motifs is 1. The van der Waals surface area contributed by atoms with E-state index in [-0.39, 0.29) is 12.1 Å². The minimum absolute atomic E-state index is 0.0899. The van der Waals surface area contributed by atoms with Gasteiger partial charge in [-0.2, -0.15) is 0 Å². The number of benzene rings is 2. The Morgan fingerprint density at radius 2 is 1.85 bits per heavy atom. The lowest BCUT2D eigenvalue weighted by Crippen LogP contribution is -2.36. The first-order valence-electron chi connectivity index (χ1n) is 9.35. The Labute approximate surface area is 160 Å². The highest BCUT2D eigenvalue weighted by Crippen LogP contribution is 2.25. The van der Waals surface area contributed by atoms with Gasteiger partial charge in [-0.15, -0.1) is 0 Å². The number of carbonyl (C=O) groups excluding carboxylic acids is 1. The molecule has 1 aromatic heterocycles. The van der Waals surface area contributed by atoms with E-state index in [1.807, 2.05) is 49.5 Å². The molecule has 5 nitrogen and oxygen atoms in total. The van der Waals surface area contributed by atoms with E-state index in [0.717, 1.165) is 36.0 Å². The maximum Gasteiger partial charge on any atom is 0.319 e. The van der Waals surface area contributed by atoms with Crippen LogP contribution in [0.25, 0.3) is 10.9 Å². The van der Waals surface area contributed by atoms with Crippen LogP contribution in [0.15, 0.2) is 60.8 Å². The molecule has 0 saturated heterocycles. The molecular formula is C22H27N3O2. The molecule has 2 aromatic carbocycles. The third kappa shape index (κ3) is 5.11. The summed E-state index contributed by atoms with van der Waals surface area (Å²) in [7, 11) is 1.69. The highest BCUT2D eigenvalue weighted by Gasteiger charge is 2.12. The van der Waals surface area contributed by atoms with E-state index < -0.39 is 0 Å². The highest BCUT2D eigenvalue weighted by atomic mass is 16.5. The number of aromatic nitrogens is 1. The molecule has 3 rings (SSSR count). The quantitative estimate of drug-likeness (QED) is 0.620. The Balaban J connectivity index is 1.60. The summed E-state index contributed by atoms with van der Waals surface area (Å²) in [5.41, 5.74) is 3.18. The average molecular weight is 365 g/mol. The number of methoxy groups -OCH3 is 1. The van der Waals surface area contributed by atoms with Crippen LogP contribution in [0.4, 0.5) is 10.5 Å². The topological polar surface area (TPSA) is 55.3 Å². The van der Waals surface area contributed by atoms with Gasteiger partial charge in [-0.3, -0.25) is 0 Å². The van der Waals surface area contributed by atoms with E-state index in [9.17, 15) is 4.79 Å². The van der Waals surface area contributed by atoms with Gasteiger partial charge in [-0.1, -0.05) is 48.5 Å². The van der Waals surface area contributed by atoms with Crippen molar-refractivity contribution in [2.24, 2.45) is 0 Å². The molecule has 0 radical (unpaired) electrons. The molecule has 0 aliphatic rings. The summed E-state index contributed by atoms with van der Waals surface area (Å²) in [6.45, 7) is 3.40. The second-order valence-corrected chi connectivity index (χ2v) is 6.77.